The van der Waals surface area contributed by atoms with Crippen molar-refractivity contribution in [3.05, 3.63) is 11.9 Å². The minimum atomic E-state index is 0.500. The van der Waals surface area contributed by atoms with Crippen LogP contribution in [0.25, 0.3) is 0 Å². The molecule has 2 N–H and O–H groups in total. The van der Waals surface area contributed by atoms with E-state index in [0.29, 0.717) is 12.0 Å². The predicted molar refractivity (Wildman–Crippen MR) is 84.3 cm³/mol. The standard InChI is InChI=1S/C15H27N5/c1-5-6-13-18-14(16-3)9-15(19-13)17-12-7-8-20(4)10-11(12)2/h9,11-12H,5-8,10H2,1-4H3,(H2,16,17,18,19). The number of nitrogens with one attached hydrogen (secondary N) is 2. The second-order valence-corrected chi connectivity index (χ2v) is 5.83. The molecule has 0 aliphatic carbocycles. The van der Waals surface area contributed by atoms with Gasteiger partial charge in [0, 0.05) is 32.1 Å². The maximum absolute atomic E-state index is 4.64. The minimum absolute atomic E-state index is 0.500. The summed E-state index contributed by atoms with van der Waals surface area (Å²) in [4.78, 5) is 11.5. The Morgan fingerprint density at radius 1 is 1.35 bits per heavy atom. The van der Waals surface area contributed by atoms with Crippen molar-refractivity contribution < 1.29 is 0 Å². The van der Waals surface area contributed by atoms with Crippen LogP contribution >= 0.6 is 0 Å². The van der Waals surface area contributed by atoms with E-state index in [0.717, 1.165) is 43.4 Å². The Balaban J connectivity index is 2.09. The number of aryl methyl sites for hydroxylation is 1. The lowest BCUT2D eigenvalue weighted by molar-refractivity contribution is 0.206. The van der Waals surface area contributed by atoms with Crippen LogP contribution < -0.4 is 10.6 Å². The Morgan fingerprint density at radius 2 is 2.10 bits per heavy atom. The van der Waals surface area contributed by atoms with Gasteiger partial charge in [-0.1, -0.05) is 13.8 Å². The highest BCUT2D eigenvalue weighted by atomic mass is 15.1. The molecule has 1 aliphatic heterocycles. The van der Waals surface area contributed by atoms with Crippen LogP contribution in [-0.2, 0) is 6.42 Å². The lowest BCUT2D eigenvalue weighted by atomic mass is 9.94. The third kappa shape index (κ3) is 3.82. The fourth-order valence-electron chi connectivity index (χ4n) is 2.79. The lowest BCUT2D eigenvalue weighted by Gasteiger charge is -2.35. The molecule has 2 atom stereocenters. The van der Waals surface area contributed by atoms with Gasteiger partial charge in [0.15, 0.2) is 0 Å². The van der Waals surface area contributed by atoms with Gasteiger partial charge in [0.1, 0.15) is 17.5 Å². The third-order valence-corrected chi connectivity index (χ3v) is 3.94. The van der Waals surface area contributed by atoms with Crippen molar-refractivity contribution in [2.45, 2.75) is 39.2 Å². The molecule has 112 valence electrons. The molecule has 1 aromatic rings. The van der Waals surface area contributed by atoms with Crippen molar-refractivity contribution in [2.24, 2.45) is 5.92 Å². The Morgan fingerprint density at radius 3 is 2.75 bits per heavy atom. The molecule has 0 saturated carbocycles. The summed E-state index contributed by atoms with van der Waals surface area (Å²) in [7, 11) is 4.09. The van der Waals surface area contributed by atoms with Gasteiger partial charge >= 0.3 is 0 Å². The summed E-state index contributed by atoms with van der Waals surface area (Å²) in [5.41, 5.74) is 0. The molecule has 20 heavy (non-hydrogen) atoms. The molecule has 2 unspecified atom stereocenters. The van der Waals surface area contributed by atoms with Crippen LogP contribution in [0.5, 0.6) is 0 Å². The Labute approximate surface area is 122 Å². The van der Waals surface area contributed by atoms with Crippen molar-refractivity contribution in [2.75, 3.05) is 37.8 Å². The Kier molecular flexibility index (Phi) is 5.17. The molecule has 1 fully saturated rings. The average Bonchev–Trinajstić information content (AvgIpc) is 2.42. The number of piperidine rings is 1. The van der Waals surface area contributed by atoms with Gasteiger partial charge in [0.2, 0.25) is 0 Å². The maximum atomic E-state index is 4.64. The number of hydrogen-bond donors (Lipinski definition) is 2. The number of aromatic nitrogens is 2. The lowest BCUT2D eigenvalue weighted by Crippen LogP contribution is -2.43. The molecule has 5 nitrogen and oxygen atoms in total. The summed E-state index contributed by atoms with van der Waals surface area (Å²) in [6, 6.07) is 2.50. The second-order valence-electron chi connectivity index (χ2n) is 5.83. The van der Waals surface area contributed by atoms with E-state index in [1.807, 2.05) is 13.1 Å². The molecule has 2 rings (SSSR count). The topological polar surface area (TPSA) is 53.1 Å². The molecule has 0 spiro atoms. The van der Waals surface area contributed by atoms with E-state index >= 15 is 0 Å². The molecule has 1 aliphatic rings. The third-order valence-electron chi connectivity index (χ3n) is 3.94. The zero-order valence-corrected chi connectivity index (χ0v) is 13.1. The van der Waals surface area contributed by atoms with E-state index < -0.39 is 0 Å². The summed E-state index contributed by atoms with van der Waals surface area (Å²) >= 11 is 0. The molecule has 2 heterocycles. The van der Waals surface area contributed by atoms with Crippen molar-refractivity contribution in [1.29, 1.82) is 0 Å². The van der Waals surface area contributed by atoms with Crippen molar-refractivity contribution in [1.82, 2.24) is 14.9 Å². The second kappa shape index (κ2) is 6.88. The predicted octanol–water partition coefficient (Wildman–Crippen LogP) is 2.22. The number of anilines is 2. The zero-order chi connectivity index (χ0) is 14.5. The zero-order valence-electron chi connectivity index (χ0n) is 13.1. The van der Waals surface area contributed by atoms with Gasteiger partial charge in [-0.05, 0) is 32.4 Å². The quantitative estimate of drug-likeness (QED) is 0.864. The molecule has 5 heteroatoms. The van der Waals surface area contributed by atoms with E-state index in [9.17, 15) is 0 Å². The Bertz CT molecular complexity index is 434. The molecule has 0 radical (unpaired) electrons. The van der Waals surface area contributed by atoms with Crippen LogP contribution in [0.2, 0.25) is 0 Å². The average molecular weight is 277 g/mol. The molecule has 0 bridgehead atoms. The van der Waals surface area contributed by atoms with Crippen molar-refractivity contribution >= 4 is 11.6 Å². The highest BCUT2D eigenvalue weighted by molar-refractivity contribution is 5.48. The van der Waals surface area contributed by atoms with Crippen molar-refractivity contribution in [3.63, 3.8) is 0 Å². The summed E-state index contributed by atoms with van der Waals surface area (Å²) in [5.74, 6) is 3.40. The minimum Gasteiger partial charge on any atom is -0.373 e. The first-order valence-electron chi connectivity index (χ1n) is 7.63. The van der Waals surface area contributed by atoms with Gasteiger partial charge in [0.05, 0.1) is 0 Å². The van der Waals surface area contributed by atoms with Gasteiger partial charge in [-0.3, -0.25) is 0 Å². The van der Waals surface area contributed by atoms with Crippen LogP contribution in [0.1, 0.15) is 32.5 Å². The monoisotopic (exact) mass is 277 g/mol. The van der Waals surface area contributed by atoms with Gasteiger partial charge in [0.25, 0.3) is 0 Å². The fourth-order valence-corrected chi connectivity index (χ4v) is 2.79. The highest BCUT2D eigenvalue weighted by Gasteiger charge is 2.24. The van der Waals surface area contributed by atoms with Gasteiger partial charge in [-0.25, -0.2) is 9.97 Å². The summed E-state index contributed by atoms with van der Waals surface area (Å²) in [5, 5.41) is 6.73. The highest BCUT2D eigenvalue weighted by Crippen LogP contribution is 2.21. The first-order chi connectivity index (χ1) is 9.62. The first kappa shape index (κ1) is 15.0. The molecule has 0 amide bonds. The Hall–Kier alpha value is -1.36. The van der Waals surface area contributed by atoms with Crippen LogP contribution in [-0.4, -0.2) is 48.1 Å². The summed E-state index contributed by atoms with van der Waals surface area (Å²) in [6.07, 6.45) is 3.16. The van der Waals surface area contributed by atoms with Crippen LogP contribution in [0.3, 0.4) is 0 Å². The molecule has 0 aromatic carbocycles. The van der Waals surface area contributed by atoms with Gasteiger partial charge in [-0.2, -0.15) is 0 Å². The maximum Gasteiger partial charge on any atom is 0.133 e. The number of hydrogen-bond acceptors (Lipinski definition) is 5. The largest absolute Gasteiger partial charge is 0.373 e. The number of likely N-dealkylation sites (tertiary alicyclic amines) is 1. The molecular weight excluding hydrogens is 250 g/mol. The van der Waals surface area contributed by atoms with E-state index in [1.54, 1.807) is 0 Å². The summed E-state index contributed by atoms with van der Waals surface area (Å²) in [6.45, 7) is 6.75. The first-order valence-corrected chi connectivity index (χ1v) is 7.63. The van der Waals surface area contributed by atoms with E-state index in [2.05, 4.69) is 46.4 Å². The fraction of sp³-hybridized carbons (Fsp3) is 0.733. The van der Waals surface area contributed by atoms with Crippen molar-refractivity contribution in [3.8, 4) is 0 Å². The van der Waals surface area contributed by atoms with Crippen LogP contribution in [0, 0.1) is 5.92 Å². The summed E-state index contributed by atoms with van der Waals surface area (Å²) < 4.78 is 0. The van der Waals surface area contributed by atoms with Gasteiger partial charge < -0.3 is 15.5 Å². The normalized spacial score (nSPS) is 23.6. The van der Waals surface area contributed by atoms with E-state index in [-0.39, 0.29) is 0 Å². The molecule has 1 aromatic heterocycles. The molecule has 1 saturated heterocycles. The van der Waals surface area contributed by atoms with Crippen LogP contribution in [0.15, 0.2) is 6.07 Å². The number of nitrogens with zero attached hydrogens (tertiary/aromatic N) is 3. The van der Waals surface area contributed by atoms with Crippen LogP contribution in [0.4, 0.5) is 11.6 Å². The van der Waals surface area contributed by atoms with E-state index in [1.165, 1.54) is 6.42 Å². The molecular formula is C15H27N5. The van der Waals surface area contributed by atoms with E-state index in [4.69, 9.17) is 0 Å². The smallest absolute Gasteiger partial charge is 0.133 e. The SMILES string of the molecule is CCCc1nc(NC)cc(NC2CCN(C)CC2C)n1. The van der Waals surface area contributed by atoms with Gasteiger partial charge in [-0.15, -0.1) is 0 Å². The number of rotatable bonds is 5.